The van der Waals surface area contributed by atoms with Crippen LogP contribution in [0.3, 0.4) is 0 Å². The second kappa shape index (κ2) is 5.57. The van der Waals surface area contributed by atoms with Gasteiger partial charge in [0.2, 0.25) is 0 Å². The molecule has 0 fully saturated rings. The van der Waals surface area contributed by atoms with E-state index in [1.807, 2.05) is 6.07 Å². The number of aryl methyl sites for hydroxylation is 1. The van der Waals surface area contributed by atoms with Crippen LogP contribution in [0.15, 0.2) is 12.1 Å². The highest BCUT2D eigenvalue weighted by atomic mass is 16.6. The Kier molecular flexibility index (Phi) is 4.04. The zero-order valence-electron chi connectivity index (χ0n) is 11.4. The second-order valence-corrected chi connectivity index (χ2v) is 5.08. The summed E-state index contributed by atoms with van der Waals surface area (Å²) in [6, 6.07) is 3.57. The molecule has 0 aromatic heterocycles. The topological polar surface area (TPSA) is 78.4 Å². The highest BCUT2D eigenvalue weighted by Crippen LogP contribution is 2.40. The van der Waals surface area contributed by atoms with Gasteiger partial charge in [-0.3, -0.25) is 10.1 Å². The van der Waals surface area contributed by atoms with Crippen molar-refractivity contribution in [3.63, 3.8) is 0 Å². The standard InChI is InChI=1S/C14H20N2O3/c1-3-4-10-11-8-13(16(17)18)14(19-2)7-9(11)5-6-12(10)15/h7-8,10,12H,3-6,15H2,1-2H3. The summed E-state index contributed by atoms with van der Waals surface area (Å²) in [6.45, 7) is 2.11. The molecule has 0 aliphatic heterocycles. The van der Waals surface area contributed by atoms with Crippen LogP contribution in [0.25, 0.3) is 0 Å². The van der Waals surface area contributed by atoms with Crippen molar-refractivity contribution >= 4 is 5.69 Å². The molecule has 1 aliphatic rings. The van der Waals surface area contributed by atoms with Crippen LogP contribution in [-0.4, -0.2) is 18.1 Å². The summed E-state index contributed by atoms with van der Waals surface area (Å²) in [4.78, 5) is 10.7. The van der Waals surface area contributed by atoms with Crippen LogP contribution in [0.5, 0.6) is 5.75 Å². The maximum atomic E-state index is 11.1. The van der Waals surface area contributed by atoms with Gasteiger partial charge in [-0.1, -0.05) is 13.3 Å². The molecule has 2 atom stereocenters. The minimum atomic E-state index is -0.387. The summed E-state index contributed by atoms with van der Waals surface area (Å²) in [6.07, 6.45) is 3.79. The van der Waals surface area contributed by atoms with Crippen LogP contribution in [0, 0.1) is 10.1 Å². The van der Waals surface area contributed by atoms with Crippen molar-refractivity contribution in [3.8, 4) is 5.75 Å². The molecular weight excluding hydrogens is 244 g/mol. The lowest BCUT2D eigenvalue weighted by atomic mass is 9.77. The van der Waals surface area contributed by atoms with Gasteiger partial charge in [-0.25, -0.2) is 0 Å². The quantitative estimate of drug-likeness (QED) is 0.670. The van der Waals surface area contributed by atoms with Gasteiger partial charge in [0.05, 0.1) is 12.0 Å². The van der Waals surface area contributed by atoms with Crippen LogP contribution in [0.1, 0.15) is 43.2 Å². The average Bonchev–Trinajstić information content (AvgIpc) is 2.40. The molecule has 0 bridgehead atoms. The van der Waals surface area contributed by atoms with Gasteiger partial charge in [0.25, 0.3) is 0 Å². The summed E-state index contributed by atoms with van der Waals surface area (Å²) >= 11 is 0. The number of fused-ring (bicyclic) bond motifs is 1. The van der Waals surface area contributed by atoms with Gasteiger partial charge < -0.3 is 10.5 Å². The zero-order valence-corrected chi connectivity index (χ0v) is 11.4. The van der Waals surface area contributed by atoms with E-state index in [0.717, 1.165) is 36.8 Å². The van der Waals surface area contributed by atoms with E-state index < -0.39 is 0 Å². The van der Waals surface area contributed by atoms with Crippen LogP contribution in [0.2, 0.25) is 0 Å². The maximum Gasteiger partial charge on any atom is 0.311 e. The largest absolute Gasteiger partial charge is 0.490 e. The smallest absolute Gasteiger partial charge is 0.311 e. The SMILES string of the molecule is CCCC1c2cc([N+](=O)[O-])c(OC)cc2CCC1N. The van der Waals surface area contributed by atoms with Gasteiger partial charge in [-0.05, 0) is 42.4 Å². The van der Waals surface area contributed by atoms with Gasteiger partial charge in [-0.2, -0.15) is 0 Å². The average molecular weight is 264 g/mol. The first kappa shape index (κ1) is 13.8. The monoisotopic (exact) mass is 264 g/mol. The Morgan fingerprint density at radius 3 is 2.84 bits per heavy atom. The summed E-state index contributed by atoms with van der Waals surface area (Å²) in [7, 11) is 1.47. The lowest BCUT2D eigenvalue weighted by Crippen LogP contribution is -2.33. The Morgan fingerprint density at radius 1 is 1.53 bits per heavy atom. The van der Waals surface area contributed by atoms with E-state index in [0.29, 0.717) is 5.75 Å². The molecule has 1 aromatic carbocycles. The van der Waals surface area contributed by atoms with Gasteiger partial charge in [0, 0.05) is 12.1 Å². The Balaban J connectivity index is 2.51. The summed E-state index contributed by atoms with van der Waals surface area (Å²) in [5, 5.41) is 11.1. The van der Waals surface area contributed by atoms with Crippen molar-refractivity contribution in [2.75, 3.05) is 7.11 Å². The number of nitrogens with zero attached hydrogens (tertiary/aromatic N) is 1. The number of hydrogen-bond donors (Lipinski definition) is 1. The fourth-order valence-electron chi connectivity index (χ4n) is 2.93. The van der Waals surface area contributed by atoms with E-state index in [-0.39, 0.29) is 22.6 Å². The van der Waals surface area contributed by atoms with Crippen molar-refractivity contribution in [1.82, 2.24) is 0 Å². The fourth-order valence-corrected chi connectivity index (χ4v) is 2.93. The van der Waals surface area contributed by atoms with Crippen LogP contribution < -0.4 is 10.5 Å². The Bertz CT molecular complexity index is 488. The maximum absolute atomic E-state index is 11.1. The van der Waals surface area contributed by atoms with Crippen molar-refractivity contribution in [1.29, 1.82) is 0 Å². The third-order valence-electron chi connectivity index (χ3n) is 3.90. The molecule has 0 radical (unpaired) electrons. The molecule has 19 heavy (non-hydrogen) atoms. The minimum Gasteiger partial charge on any atom is -0.490 e. The first-order chi connectivity index (χ1) is 9.08. The normalized spacial score (nSPS) is 21.8. The third kappa shape index (κ3) is 2.56. The lowest BCUT2D eigenvalue weighted by Gasteiger charge is -2.31. The molecule has 5 heteroatoms. The molecule has 1 aromatic rings. The van der Waals surface area contributed by atoms with Gasteiger partial charge in [0.15, 0.2) is 5.75 Å². The number of nitro groups is 1. The lowest BCUT2D eigenvalue weighted by molar-refractivity contribution is -0.385. The van der Waals surface area contributed by atoms with Gasteiger partial charge >= 0.3 is 5.69 Å². The fraction of sp³-hybridized carbons (Fsp3) is 0.571. The van der Waals surface area contributed by atoms with E-state index in [2.05, 4.69) is 6.92 Å². The number of benzene rings is 1. The molecule has 0 heterocycles. The van der Waals surface area contributed by atoms with Crippen molar-refractivity contribution < 1.29 is 9.66 Å². The predicted molar refractivity (Wildman–Crippen MR) is 73.6 cm³/mol. The number of nitro benzene ring substituents is 1. The second-order valence-electron chi connectivity index (χ2n) is 5.08. The molecule has 104 valence electrons. The molecule has 0 saturated carbocycles. The number of rotatable bonds is 4. The van der Waals surface area contributed by atoms with Crippen LogP contribution in [-0.2, 0) is 6.42 Å². The first-order valence-electron chi connectivity index (χ1n) is 6.69. The predicted octanol–water partition coefficient (Wildman–Crippen LogP) is 2.76. The number of hydrogen-bond acceptors (Lipinski definition) is 4. The van der Waals surface area contributed by atoms with E-state index >= 15 is 0 Å². The molecule has 2 unspecified atom stereocenters. The molecule has 0 spiro atoms. The minimum absolute atomic E-state index is 0.0384. The van der Waals surface area contributed by atoms with E-state index in [1.54, 1.807) is 6.07 Å². The Labute approximate surface area is 112 Å². The van der Waals surface area contributed by atoms with E-state index in [4.69, 9.17) is 10.5 Å². The van der Waals surface area contributed by atoms with Crippen molar-refractivity contribution in [2.24, 2.45) is 5.73 Å². The third-order valence-corrected chi connectivity index (χ3v) is 3.90. The highest BCUT2D eigenvalue weighted by molar-refractivity contribution is 5.54. The molecular formula is C14H20N2O3. The molecule has 0 amide bonds. The molecule has 5 nitrogen and oxygen atoms in total. The summed E-state index contributed by atoms with van der Waals surface area (Å²) in [5.74, 6) is 0.563. The molecule has 2 N–H and O–H groups in total. The number of nitrogens with two attached hydrogens (primary N) is 1. The first-order valence-corrected chi connectivity index (χ1v) is 6.69. The zero-order chi connectivity index (χ0) is 14.0. The van der Waals surface area contributed by atoms with E-state index in [1.165, 1.54) is 7.11 Å². The van der Waals surface area contributed by atoms with Crippen molar-refractivity contribution in [3.05, 3.63) is 33.4 Å². The number of methoxy groups -OCH3 is 1. The molecule has 0 saturated heterocycles. The molecule has 1 aliphatic carbocycles. The Hall–Kier alpha value is -1.62. The van der Waals surface area contributed by atoms with Crippen LogP contribution in [0.4, 0.5) is 5.69 Å². The summed E-state index contributed by atoms with van der Waals surface area (Å²) < 4.78 is 5.12. The highest BCUT2D eigenvalue weighted by Gasteiger charge is 2.30. The molecule has 2 rings (SSSR count). The van der Waals surface area contributed by atoms with Gasteiger partial charge in [0.1, 0.15) is 0 Å². The Morgan fingerprint density at radius 2 is 2.26 bits per heavy atom. The van der Waals surface area contributed by atoms with Crippen molar-refractivity contribution in [2.45, 2.75) is 44.6 Å². The van der Waals surface area contributed by atoms with Gasteiger partial charge in [-0.15, -0.1) is 0 Å². The number of ether oxygens (including phenoxy) is 1. The van der Waals surface area contributed by atoms with E-state index in [9.17, 15) is 10.1 Å². The summed E-state index contributed by atoms with van der Waals surface area (Å²) in [5.41, 5.74) is 8.39. The van der Waals surface area contributed by atoms with Crippen LogP contribution >= 0.6 is 0 Å².